The second-order valence-corrected chi connectivity index (χ2v) is 3.19. The van der Waals surface area contributed by atoms with E-state index in [-0.39, 0.29) is 11.7 Å². The van der Waals surface area contributed by atoms with E-state index in [0.29, 0.717) is 5.69 Å². The van der Waals surface area contributed by atoms with Crippen molar-refractivity contribution in [2.24, 2.45) is 5.92 Å². The average Bonchev–Trinajstić information content (AvgIpc) is 2.43. The standard InChI is InChI=1S/C11H13NO2.2C2H6/c1-8(9(2)13)11(14)12-10-6-4-3-5-7-10;2*1-2/h3-8H,1-2H3,(H,12,14);2*1-2H3. The van der Waals surface area contributed by atoms with Gasteiger partial charge in [-0.2, -0.15) is 0 Å². The maximum Gasteiger partial charge on any atom is 0.234 e. The van der Waals surface area contributed by atoms with Crippen molar-refractivity contribution in [3.05, 3.63) is 30.3 Å². The van der Waals surface area contributed by atoms with Crippen LogP contribution in [0.25, 0.3) is 0 Å². The van der Waals surface area contributed by atoms with Crippen molar-refractivity contribution in [2.75, 3.05) is 5.32 Å². The number of amides is 1. The number of nitrogens with one attached hydrogen (secondary N) is 1. The number of para-hydroxylation sites is 1. The Balaban J connectivity index is 0. The summed E-state index contributed by atoms with van der Waals surface area (Å²) in [6, 6.07) is 9.08. The molecule has 0 aromatic heterocycles. The summed E-state index contributed by atoms with van der Waals surface area (Å²) < 4.78 is 0. The highest BCUT2D eigenvalue weighted by Crippen LogP contribution is 2.07. The van der Waals surface area contributed by atoms with Crippen LogP contribution in [0, 0.1) is 5.92 Å². The highest BCUT2D eigenvalue weighted by molar-refractivity contribution is 6.06. The lowest BCUT2D eigenvalue weighted by atomic mass is 10.1. The van der Waals surface area contributed by atoms with Gasteiger partial charge in [0.05, 0.1) is 5.92 Å². The molecular formula is C15H25NO2. The molecule has 1 N–H and O–H groups in total. The van der Waals surface area contributed by atoms with E-state index in [0.717, 1.165) is 0 Å². The highest BCUT2D eigenvalue weighted by atomic mass is 16.2. The van der Waals surface area contributed by atoms with Gasteiger partial charge < -0.3 is 5.32 Å². The number of ketones is 1. The molecule has 3 heteroatoms. The molecule has 1 unspecified atom stereocenters. The maximum atomic E-state index is 11.4. The summed E-state index contributed by atoms with van der Waals surface area (Å²) in [5.74, 6) is -0.975. The van der Waals surface area contributed by atoms with Crippen LogP contribution in [0.15, 0.2) is 30.3 Å². The minimum absolute atomic E-state index is 0.126. The first kappa shape index (κ1) is 18.7. The molecule has 0 spiro atoms. The van der Waals surface area contributed by atoms with Crippen molar-refractivity contribution < 1.29 is 9.59 Å². The second-order valence-electron chi connectivity index (χ2n) is 3.19. The first-order chi connectivity index (χ1) is 8.61. The van der Waals surface area contributed by atoms with Crippen LogP contribution in [-0.2, 0) is 9.59 Å². The van der Waals surface area contributed by atoms with Crippen LogP contribution in [0.1, 0.15) is 41.5 Å². The Labute approximate surface area is 111 Å². The van der Waals surface area contributed by atoms with Gasteiger partial charge in [0.2, 0.25) is 5.91 Å². The van der Waals surface area contributed by atoms with Crippen LogP contribution in [-0.4, -0.2) is 11.7 Å². The van der Waals surface area contributed by atoms with Gasteiger partial charge in [0.1, 0.15) is 5.78 Å². The molecule has 18 heavy (non-hydrogen) atoms. The van der Waals surface area contributed by atoms with Crippen LogP contribution in [0.2, 0.25) is 0 Å². The molecule has 0 aliphatic rings. The zero-order chi connectivity index (χ0) is 14.6. The van der Waals surface area contributed by atoms with Gasteiger partial charge in [-0.1, -0.05) is 45.9 Å². The molecule has 1 amide bonds. The smallest absolute Gasteiger partial charge is 0.234 e. The number of hydrogen-bond donors (Lipinski definition) is 1. The summed E-state index contributed by atoms with van der Waals surface area (Å²) in [6.07, 6.45) is 0. The van der Waals surface area contributed by atoms with Crippen LogP contribution in [0.5, 0.6) is 0 Å². The van der Waals surface area contributed by atoms with Crippen molar-refractivity contribution in [2.45, 2.75) is 41.5 Å². The van der Waals surface area contributed by atoms with Gasteiger partial charge in [-0.05, 0) is 26.0 Å². The molecule has 0 heterocycles. The minimum Gasteiger partial charge on any atom is -0.325 e. The van der Waals surface area contributed by atoms with Gasteiger partial charge in [0, 0.05) is 5.69 Å². The van der Waals surface area contributed by atoms with Gasteiger partial charge in [0.25, 0.3) is 0 Å². The molecule has 0 aliphatic carbocycles. The number of carbonyl (C=O) groups is 2. The monoisotopic (exact) mass is 251 g/mol. The van der Waals surface area contributed by atoms with E-state index in [1.54, 1.807) is 19.1 Å². The van der Waals surface area contributed by atoms with Crippen LogP contribution >= 0.6 is 0 Å². The second kappa shape index (κ2) is 11.8. The summed E-state index contributed by atoms with van der Waals surface area (Å²) in [4.78, 5) is 22.3. The predicted octanol–water partition coefficient (Wildman–Crippen LogP) is 3.90. The van der Waals surface area contributed by atoms with Crippen LogP contribution in [0.4, 0.5) is 5.69 Å². The molecule has 0 aliphatic heterocycles. The Kier molecular flexibility index (Phi) is 12.3. The molecule has 1 rings (SSSR count). The van der Waals surface area contributed by atoms with Gasteiger partial charge in [-0.15, -0.1) is 0 Å². The molecule has 3 nitrogen and oxygen atoms in total. The minimum atomic E-state index is -0.588. The fraction of sp³-hybridized carbons (Fsp3) is 0.467. The highest BCUT2D eigenvalue weighted by Gasteiger charge is 2.16. The third kappa shape index (κ3) is 7.60. The van der Waals surface area contributed by atoms with Crippen molar-refractivity contribution in [1.29, 1.82) is 0 Å². The van der Waals surface area contributed by atoms with Crippen LogP contribution in [0.3, 0.4) is 0 Å². The van der Waals surface area contributed by atoms with E-state index in [2.05, 4.69) is 5.32 Å². The number of carbonyl (C=O) groups excluding carboxylic acids is 2. The van der Waals surface area contributed by atoms with E-state index in [4.69, 9.17) is 0 Å². The Hall–Kier alpha value is -1.64. The van der Waals surface area contributed by atoms with Crippen molar-refractivity contribution in [3.8, 4) is 0 Å². The third-order valence-corrected chi connectivity index (χ3v) is 2.04. The SMILES string of the molecule is CC.CC.CC(=O)C(C)C(=O)Nc1ccccc1. The summed E-state index contributed by atoms with van der Waals surface area (Å²) in [6.45, 7) is 11.0. The fourth-order valence-electron chi connectivity index (χ4n) is 0.957. The summed E-state index contributed by atoms with van der Waals surface area (Å²) in [5.41, 5.74) is 0.714. The Morgan fingerprint density at radius 2 is 1.44 bits per heavy atom. The molecule has 0 saturated heterocycles. The lowest BCUT2D eigenvalue weighted by molar-refractivity contribution is -0.129. The number of hydrogen-bond acceptors (Lipinski definition) is 2. The zero-order valence-electron chi connectivity index (χ0n) is 12.3. The number of benzene rings is 1. The van der Waals surface area contributed by atoms with Crippen molar-refractivity contribution in [3.63, 3.8) is 0 Å². The molecule has 1 aromatic rings. The average molecular weight is 251 g/mol. The summed E-state index contributed by atoms with van der Waals surface area (Å²) in [5, 5.41) is 2.66. The fourth-order valence-corrected chi connectivity index (χ4v) is 0.957. The third-order valence-electron chi connectivity index (χ3n) is 2.04. The largest absolute Gasteiger partial charge is 0.325 e. The Morgan fingerprint density at radius 3 is 1.83 bits per heavy atom. The molecule has 1 aromatic carbocycles. The molecule has 0 saturated carbocycles. The Morgan fingerprint density at radius 1 is 1.00 bits per heavy atom. The zero-order valence-corrected chi connectivity index (χ0v) is 12.3. The molecule has 102 valence electrons. The molecule has 0 radical (unpaired) electrons. The van der Waals surface area contributed by atoms with Crippen LogP contribution < -0.4 is 5.32 Å². The first-order valence-electron chi connectivity index (χ1n) is 6.47. The number of rotatable bonds is 3. The molecule has 0 fully saturated rings. The van der Waals surface area contributed by atoms with E-state index in [1.807, 2.05) is 45.9 Å². The number of anilines is 1. The van der Waals surface area contributed by atoms with E-state index >= 15 is 0 Å². The summed E-state index contributed by atoms with van der Waals surface area (Å²) in [7, 11) is 0. The van der Waals surface area contributed by atoms with Gasteiger partial charge in [-0.25, -0.2) is 0 Å². The first-order valence-corrected chi connectivity index (χ1v) is 6.47. The quantitative estimate of drug-likeness (QED) is 0.828. The van der Waals surface area contributed by atoms with Gasteiger partial charge in [-0.3, -0.25) is 9.59 Å². The molecule has 1 atom stereocenters. The molecule has 0 bridgehead atoms. The maximum absolute atomic E-state index is 11.4. The summed E-state index contributed by atoms with van der Waals surface area (Å²) >= 11 is 0. The van der Waals surface area contributed by atoms with Gasteiger partial charge >= 0.3 is 0 Å². The molecular weight excluding hydrogens is 226 g/mol. The van der Waals surface area contributed by atoms with Gasteiger partial charge in [0.15, 0.2) is 0 Å². The van der Waals surface area contributed by atoms with E-state index in [9.17, 15) is 9.59 Å². The van der Waals surface area contributed by atoms with Crippen molar-refractivity contribution in [1.82, 2.24) is 0 Å². The lowest BCUT2D eigenvalue weighted by Crippen LogP contribution is -2.25. The predicted molar refractivity (Wildman–Crippen MR) is 77.6 cm³/mol. The van der Waals surface area contributed by atoms with Crippen molar-refractivity contribution >= 4 is 17.4 Å². The van der Waals surface area contributed by atoms with E-state index in [1.165, 1.54) is 6.92 Å². The topological polar surface area (TPSA) is 46.2 Å². The lowest BCUT2D eigenvalue weighted by Gasteiger charge is -2.08. The number of Topliss-reactive ketones (excluding diaryl/α,β-unsaturated/α-hetero) is 1. The Bertz CT molecular complexity index is 334. The normalized spacial score (nSPS) is 9.89. The van der Waals surface area contributed by atoms with E-state index < -0.39 is 5.92 Å².